The van der Waals surface area contributed by atoms with Gasteiger partial charge in [0, 0.05) is 28.1 Å². The van der Waals surface area contributed by atoms with E-state index in [2.05, 4.69) is 25.8 Å². The summed E-state index contributed by atoms with van der Waals surface area (Å²) in [6.45, 7) is 2.42. The van der Waals surface area contributed by atoms with E-state index in [0.29, 0.717) is 0 Å². The van der Waals surface area contributed by atoms with Gasteiger partial charge in [0.15, 0.2) is 0 Å². The molecule has 3 rings (SSSR count). The summed E-state index contributed by atoms with van der Waals surface area (Å²) >= 11 is 3.43. The highest BCUT2D eigenvalue weighted by molar-refractivity contribution is 9.10. The van der Waals surface area contributed by atoms with Crippen LogP contribution in [-0.4, -0.2) is 39.2 Å². The second-order valence-corrected chi connectivity index (χ2v) is 8.22. The summed E-state index contributed by atoms with van der Waals surface area (Å²) in [5, 5.41) is 0. The Kier molecular flexibility index (Phi) is 5.63. The fourth-order valence-electron chi connectivity index (χ4n) is 3.04. The van der Waals surface area contributed by atoms with Gasteiger partial charge in [0.2, 0.25) is 5.78 Å². The third kappa shape index (κ3) is 4.02. The Morgan fingerprint density at radius 2 is 2.17 bits per heavy atom. The molecule has 2 heterocycles. The number of hydrogen-bond acceptors (Lipinski definition) is 5. The van der Waals surface area contributed by atoms with Crippen LogP contribution in [0.25, 0.3) is 0 Å². The summed E-state index contributed by atoms with van der Waals surface area (Å²) in [5.41, 5.74) is 1.08. The zero-order chi connectivity index (χ0) is 17.1. The van der Waals surface area contributed by atoms with Crippen LogP contribution in [0, 0.1) is 5.92 Å². The van der Waals surface area contributed by atoms with E-state index in [-0.39, 0.29) is 17.6 Å². The Bertz CT molecular complexity index is 740. The highest BCUT2D eigenvalue weighted by Gasteiger charge is 2.28. The lowest BCUT2D eigenvalue weighted by atomic mass is 9.92. The van der Waals surface area contributed by atoms with Crippen LogP contribution in [0.1, 0.15) is 29.1 Å². The molecule has 7 heteroatoms. The number of carbonyl (C=O) groups excluding carboxylic acids is 1. The van der Waals surface area contributed by atoms with Crippen molar-refractivity contribution in [3.8, 4) is 0 Å². The number of benzene rings is 1. The highest BCUT2D eigenvalue weighted by atomic mass is 79.9. The minimum absolute atomic E-state index is 0.00126. The minimum atomic E-state index is -1.02. The number of hydrogen-bond donors (Lipinski definition) is 0. The summed E-state index contributed by atoms with van der Waals surface area (Å²) in [6, 6.07) is 5.92. The molecular formula is C17H19BrN2O3S. The van der Waals surface area contributed by atoms with Crippen molar-refractivity contribution >= 4 is 32.5 Å². The van der Waals surface area contributed by atoms with Gasteiger partial charge < -0.3 is 4.42 Å². The average Bonchev–Trinajstić information content (AvgIpc) is 3.11. The van der Waals surface area contributed by atoms with Crippen LogP contribution < -0.4 is 0 Å². The molecule has 1 aromatic heterocycles. The Morgan fingerprint density at radius 1 is 1.42 bits per heavy atom. The molecule has 1 aliphatic heterocycles. The van der Waals surface area contributed by atoms with Crippen LogP contribution >= 0.6 is 15.9 Å². The number of likely N-dealkylation sites (tertiary alicyclic amines) is 1. The summed E-state index contributed by atoms with van der Waals surface area (Å²) < 4.78 is 18.0. The number of nitrogens with zero attached hydrogens (tertiary/aromatic N) is 2. The van der Waals surface area contributed by atoms with E-state index in [1.165, 1.54) is 12.5 Å². The molecule has 1 fully saturated rings. The zero-order valence-electron chi connectivity index (χ0n) is 13.4. The van der Waals surface area contributed by atoms with Gasteiger partial charge in [0.1, 0.15) is 6.26 Å². The van der Waals surface area contributed by atoms with Gasteiger partial charge in [-0.3, -0.25) is 13.9 Å². The molecule has 1 aliphatic rings. The molecular weight excluding hydrogens is 392 g/mol. The zero-order valence-corrected chi connectivity index (χ0v) is 15.8. The number of ketones is 1. The lowest BCUT2D eigenvalue weighted by Crippen LogP contribution is -2.36. The van der Waals surface area contributed by atoms with Gasteiger partial charge in [0.05, 0.1) is 17.0 Å². The molecule has 2 aromatic rings. The Hall–Kier alpha value is -1.31. The average molecular weight is 411 g/mol. The van der Waals surface area contributed by atoms with Crippen LogP contribution in [0.4, 0.5) is 0 Å². The smallest absolute Gasteiger partial charge is 0.263 e. The van der Waals surface area contributed by atoms with Crippen LogP contribution in [0.2, 0.25) is 0 Å². The second kappa shape index (κ2) is 7.72. The van der Waals surface area contributed by atoms with Gasteiger partial charge in [-0.25, -0.2) is 4.98 Å². The van der Waals surface area contributed by atoms with E-state index in [0.717, 1.165) is 47.4 Å². The van der Waals surface area contributed by atoms with Gasteiger partial charge in [-0.05, 0) is 43.6 Å². The highest BCUT2D eigenvalue weighted by Crippen LogP contribution is 2.25. The predicted molar refractivity (Wildman–Crippen MR) is 95.3 cm³/mol. The quantitative estimate of drug-likeness (QED) is 0.707. The number of carbonyl (C=O) groups is 1. The van der Waals surface area contributed by atoms with Crippen molar-refractivity contribution in [1.29, 1.82) is 0 Å². The lowest BCUT2D eigenvalue weighted by molar-refractivity contribution is 0.0798. The lowest BCUT2D eigenvalue weighted by Gasteiger charge is -2.31. The van der Waals surface area contributed by atoms with Crippen molar-refractivity contribution in [2.45, 2.75) is 24.3 Å². The van der Waals surface area contributed by atoms with Crippen molar-refractivity contribution in [3.05, 3.63) is 46.6 Å². The first-order valence-electron chi connectivity index (χ1n) is 7.82. The van der Waals surface area contributed by atoms with E-state index >= 15 is 0 Å². The molecule has 0 amide bonds. The molecule has 0 radical (unpaired) electrons. The number of piperidine rings is 1. The third-order valence-electron chi connectivity index (χ3n) is 4.33. The molecule has 1 aromatic carbocycles. The number of oxazole rings is 1. The van der Waals surface area contributed by atoms with Gasteiger partial charge in [-0.2, -0.15) is 0 Å². The largest absolute Gasteiger partial charge is 0.442 e. The molecule has 1 unspecified atom stereocenters. The van der Waals surface area contributed by atoms with Crippen molar-refractivity contribution in [2.75, 3.05) is 19.3 Å². The van der Waals surface area contributed by atoms with E-state index in [9.17, 15) is 9.00 Å². The fraction of sp³-hybridized carbons (Fsp3) is 0.412. The second-order valence-electron chi connectivity index (χ2n) is 5.96. The number of Topliss-reactive ketones (excluding diaryl/α,β-unsaturated/α-hetero) is 1. The molecule has 5 nitrogen and oxygen atoms in total. The summed E-state index contributed by atoms with van der Waals surface area (Å²) in [4.78, 5) is 19.4. The number of rotatable bonds is 5. The van der Waals surface area contributed by atoms with Crippen LogP contribution in [0.3, 0.4) is 0 Å². The first-order valence-corrected chi connectivity index (χ1v) is 10.2. The molecule has 128 valence electrons. The first-order chi connectivity index (χ1) is 11.5. The maximum absolute atomic E-state index is 12.3. The van der Waals surface area contributed by atoms with Gasteiger partial charge >= 0.3 is 0 Å². The molecule has 1 saturated heterocycles. The van der Waals surface area contributed by atoms with Crippen molar-refractivity contribution < 1.29 is 13.4 Å². The standard InChI is InChI=1S/C17H19BrN2O3S/c1-24(22)15-10-14(18)3-2-13(15)11-20-7-4-12(5-8-20)16(21)17-19-6-9-23-17/h2-3,6,9-10,12H,4-5,7-8,11H2,1H3. The van der Waals surface area contributed by atoms with Crippen LogP contribution in [0.15, 0.2) is 44.4 Å². The normalized spacial score (nSPS) is 17.8. The van der Waals surface area contributed by atoms with Crippen LogP contribution in [0.5, 0.6) is 0 Å². The molecule has 0 spiro atoms. The van der Waals surface area contributed by atoms with Crippen molar-refractivity contribution in [1.82, 2.24) is 9.88 Å². The van der Waals surface area contributed by atoms with Gasteiger partial charge in [-0.1, -0.05) is 22.0 Å². The van der Waals surface area contributed by atoms with E-state index in [1.54, 1.807) is 6.26 Å². The molecule has 1 atom stereocenters. The molecule has 0 bridgehead atoms. The predicted octanol–water partition coefficient (Wildman–Crippen LogP) is 3.27. The van der Waals surface area contributed by atoms with Crippen molar-refractivity contribution in [2.24, 2.45) is 5.92 Å². The Labute approximate surface area is 152 Å². The van der Waals surface area contributed by atoms with Crippen molar-refractivity contribution in [3.63, 3.8) is 0 Å². The number of halogens is 1. The minimum Gasteiger partial charge on any atom is -0.442 e. The Balaban J connectivity index is 1.62. The molecule has 0 aliphatic carbocycles. The van der Waals surface area contributed by atoms with E-state index < -0.39 is 10.8 Å². The molecule has 0 N–H and O–H groups in total. The number of aromatic nitrogens is 1. The Morgan fingerprint density at radius 3 is 2.79 bits per heavy atom. The first kappa shape index (κ1) is 17.5. The van der Waals surface area contributed by atoms with E-state index in [4.69, 9.17) is 4.42 Å². The van der Waals surface area contributed by atoms with Crippen LogP contribution in [-0.2, 0) is 17.3 Å². The summed E-state index contributed by atoms with van der Waals surface area (Å²) in [6.07, 6.45) is 6.22. The maximum Gasteiger partial charge on any atom is 0.263 e. The third-order valence-corrected chi connectivity index (χ3v) is 5.83. The summed E-state index contributed by atoms with van der Waals surface area (Å²) in [5.74, 6) is 0.188. The van der Waals surface area contributed by atoms with Gasteiger partial charge in [-0.15, -0.1) is 0 Å². The maximum atomic E-state index is 12.3. The SMILES string of the molecule is CS(=O)c1cc(Br)ccc1CN1CCC(C(=O)c2ncco2)CC1. The fourth-order valence-corrected chi connectivity index (χ4v) is 4.35. The molecule has 0 saturated carbocycles. The van der Waals surface area contributed by atoms with E-state index in [1.807, 2.05) is 18.2 Å². The monoisotopic (exact) mass is 410 g/mol. The topological polar surface area (TPSA) is 63.4 Å². The molecule has 24 heavy (non-hydrogen) atoms. The van der Waals surface area contributed by atoms with Gasteiger partial charge in [0.25, 0.3) is 5.89 Å². The summed E-state index contributed by atoms with van der Waals surface area (Å²) in [7, 11) is -1.02.